The van der Waals surface area contributed by atoms with Crippen molar-refractivity contribution in [1.82, 2.24) is 9.29 Å². The van der Waals surface area contributed by atoms with Crippen molar-refractivity contribution in [2.45, 2.75) is 63.4 Å². The molecule has 0 saturated carbocycles. The highest BCUT2D eigenvalue weighted by atomic mass is 32.2. The standard InChI is InChI=1S/C22H28N2O3S2/c1-15(2)24-19-12-11-18(13-20(19)28-21(24)25)29(26,27)23-16(3)14-22(4,5)17-9-7-6-8-10-17/h6-13,15-16,23H,14H2,1-5H3/t16-/m1/s1. The Hall–Kier alpha value is -1.96. The number of fused-ring (bicyclic) bond motifs is 1. The van der Waals surface area contributed by atoms with Gasteiger partial charge in [0, 0.05) is 12.1 Å². The van der Waals surface area contributed by atoms with E-state index >= 15 is 0 Å². The Balaban J connectivity index is 1.83. The highest BCUT2D eigenvalue weighted by Gasteiger charge is 2.26. The predicted molar refractivity (Wildman–Crippen MR) is 120 cm³/mol. The van der Waals surface area contributed by atoms with Crippen molar-refractivity contribution in [1.29, 1.82) is 0 Å². The third kappa shape index (κ3) is 4.63. The Kier molecular flexibility index (Phi) is 6.03. The third-order valence-corrected chi connectivity index (χ3v) is 7.64. The molecule has 0 fully saturated rings. The van der Waals surface area contributed by atoms with Gasteiger partial charge in [0.25, 0.3) is 0 Å². The average molecular weight is 433 g/mol. The number of thiazole rings is 1. The monoisotopic (exact) mass is 432 g/mol. The van der Waals surface area contributed by atoms with Gasteiger partial charge in [0.05, 0.1) is 15.1 Å². The Bertz CT molecular complexity index is 1160. The van der Waals surface area contributed by atoms with Crippen LogP contribution in [0.2, 0.25) is 0 Å². The molecule has 0 spiro atoms. The number of sulfonamides is 1. The second kappa shape index (κ2) is 8.05. The van der Waals surface area contributed by atoms with Crippen molar-refractivity contribution in [3.05, 3.63) is 63.8 Å². The largest absolute Gasteiger partial charge is 0.308 e. The number of hydrogen-bond donors (Lipinski definition) is 1. The molecule has 0 bridgehead atoms. The minimum Gasteiger partial charge on any atom is -0.296 e. The lowest BCUT2D eigenvalue weighted by atomic mass is 9.79. The van der Waals surface area contributed by atoms with E-state index in [4.69, 9.17) is 0 Å². The molecule has 3 rings (SSSR count). The van der Waals surface area contributed by atoms with E-state index in [1.54, 1.807) is 22.8 Å². The second-order valence-corrected chi connectivity index (χ2v) is 11.1. The first-order chi connectivity index (χ1) is 13.5. The zero-order chi connectivity index (χ0) is 21.4. The average Bonchev–Trinajstić information content (AvgIpc) is 2.96. The van der Waals surface area contributed by atoms with E-state index < -0.39 is 10.0 Å². The number of hydrogen-bond acceptors (Lipinski definition) is 4. The summed E-state index contributed by atoms with van der Waals surface area (Å²) in [6.45, 7) is 10.00. The van der Waals surface area contributed by atoms with Gasteiger partial charge in [-0.1, -0.05) is 55.5 Å². The molecule has 0 aliphatic carbocycles. The van der Waals surface area contributed by atoms with Crippen molar-refractivity contribution in [2.24, 2.45) is 0 Å². The summed E-state index contributed by atoms with van der Waals surface area (Å²) in [5.41, 5.74) is 1.78. The zero-order valence-electron chi connectivity index (χ0n) is 17.5. The van der Waals surface area contributed by atoms with Crippen LogP contribution in [0, 0.1) is 0 Å². The van der Waals surface area contributed by atoms with Crippen molar-refractivity contribution in [3.8, 4) is 0 Å². The fraction of sp³-hybridized carbons (Fsp3) is 0.409. The second-order valence-electron chi connectivity index (χ2n) is 8.44. The molecular formula is C22H28N2O3S2. The van der Waals surface area contributed by atoms with E-state index in [0.717, 1.165) is 16.9 Å². The van der Waals surface area contributed by atoms with Crippen LogP contribution in [0.25, 0.3) is 10.2 Å². The fourth-order valence-corrected chi connectivity index (χ4v) is 6.22. The summed E-state index contributed by atoms with van der Waals surface area (Å²) in [6.07, 6.45) is 0.662. The third-order valence-electron chi connectivity index (χ3n) is 5.14. The highest BCUT2D eigenvalue weighted by Crippen LogP contribution is 2.29. The highest BCUT2D eigenvalue weighted by molar-refractivity contribution is 7.89. The molecule has 29 heavy (non-hydrogen) atoms. The van der Waals surface area contributed by atoms with Crippen LogP contribution in [-0.2, 0) is 15.4 Å². The van der Waals surface area contributed by atoms with E-state index in [-0.39, 0.29) is 27.3 Å². The molecule has 1 atom stereocenters. The molecule has 0 radical (unpaired) electrons. The van der Waals surface area contributed by atoms with Gasteiger partial charge in [0.1, 0.15) is 0 Å². The minimum atomic E-state index is -3.68. The van der Waals surface area contributed by atoms with Crippen molar-refractivity contribution >= 4 is 31.6 Å². The summed E-state index contributed by atoms with van der Waals surface area (Å²) in [5, 5.41) is 0. The number of nitrogens with one attached hydrogen (secondary N) is 1. The maximum Gasteiger partial charge on any atom is 0.308 e. The van der Waals surface area contributed by atoms with E-state index in [1.807, 2.05) is 39.0 Å². The molecule has 156 valence electrons. The molecule has 1 N–H and O–H groups in total. The van der Waals surface area contributed by atoms with Crippen LogP contribution >= 0.6 is 11.3 Å². The molecular weight excluding hydrogens is 404 g/mol. The molecule has 0 saturated heterocycles. The van der Waals surface area contributed by atoms with Gasteiger partial charge < -0.3 is 0 Å². The fourth-order valence-electron chi connectivity index (χ4n) is 3.82. The van der Waals surface area contributed by atoms with E-state index in [2.05, 4.69) is 30.7 Å². The van der Waals surface area contributed by atoms with E-state index in [0.29, 0.717) is 11.1 Å². The van der Waals surface area contributed by atoms with Gasteiger partial charge in [-0.15, -0.1) is 0 Å². The van der Waals surface area contributed by atoms with Crippen LogP contribution in [0.5, 0.6) is 0 Å². The molecule has 0 amide bonds. The van der Waals surface area contributed by atoms with E-state index in [1.165, 1.54) is 5.56 Å². The summed E-state index contributed by atoms with van der Waals surface area (Å²) in [6, 6.07) is 14.8. The summed E-state index contributed by atoms with van der Waals surface area (Å²) in [7, 11) is -3.68. The van der Waals surface area contributed by atoms with Gasteiger partial charge in [-0.25, -0.2) is 13.1 Å². The maximum absolute atomic E-state index is 12.9. The SMILES string of the molecule is CC(C)n1c(=O)sc2cc(S(=O)(=O)N[C@H](C)CC(C)(C)c3ccccc3)ccc21. The molecule has 2 aromatic carbocycles. The van der Waals surface area contributed by atoms with Gasteiger partial charge in [0.15, 0.2) is 0 Å². The van der Waals surface area contributed by atoms with Crippen LogP contribution in [0.15, 0.2) is 58.2 Å². The predicted octanol–water partition coefficient (Wildman–Crippen LogP) is 4.68. The zero-order valence-corrected chi connectivity index (χ0v) is 19.1. The van der Waals surface area contributed by atoms with Crippen molar-refractivity contribution in [2.75, 3.05) is 0 Å². The number of nitrogens with zero attached hydrogens (tertiary/aromatic N) is 1. The lowest BCUT2D eigenvalue weighted by Gasteiger charge is -2.29. The van der Waals surface area contributed by atoms with Crippen LogP contribution in [0.3, 0.4) is 0 Å². The smallest absolute Gasteiger partial charge is 0.296 e. The van der Waals surface area contributed by atoms with Crippen LogP contribution in [0.4, 0.5) is 0 Å². The summed E-state index contributed by atoms with van der Waals surface area (Å²) in [5.74, 6) is 0. The maximum atomic E-state index is 12.9. The summed E-state index contributed by atoms with van der Waals surface area (Å²) >= 11 is 1.08. The molecule has 0 aliphatic heterocycles. The first-order valence-electron chi connectivity index (χ1n) is 9.74. The topological polar surface area (TPSA) is 68.2 Å². The summed E-state index contributed by atoms with van der Waals surface area (Å²) in [4.78, 5) is 12.3. The Morgan fingerprint density at radius 2 is 1.72 bits per heavy atom. The molecule has 1 heterocycles. The molecule has 3 aromatic rings. The van der Waals surface area contributed by atoms with Crippen molar-refractivity contribution in [3.63, 3.8) is 0 Å². The molecule has 0 unspecified atom stereocenters. The van der Waals surface area contributed by atoms with Gasteiger partial charge in [0.2, 0.25) is 10.0 Å². The molecule has 1 aromatic heterocycles. The van der Waals surface area contributed by atoms with Crippen molar-refractivity contribution < 1.29 is 8.42 Å². The Labute approximate surface area is 176 Å². The first kappa shape index (κ1) is 21.7. The van der Waals surface area contributed by atoms with E-state index in [9.17, 15) is 13.2 Å². The van der Waals surface area contributed by atoms with Crippen LogP contribution in [-0.4, -0.2) is 19.0 Å². The lowest BCUT2D eigenvalue weighted by Crippen LogP contribution is -2.37. The Morgan fingerprint density at radius 3 is 2.34 bits per heavy atom. The number of benzene rings is 2. The first-order valence-corrected chi connectivity index (χ1v) is 12.0. The molecule has 5 nitrogen and oxygen atoms in total. The molecule has 0 aliphatic rings. The van der Waals surface area contributed by atoms with Gasteiger partial charge in [-0.3, -0.25) is 9.36 Å². The number of aromatic nitrogens is 1. The normalized spacial score (nSPS) is 13.9. The van der Waals surface area contributed by atoms with Crippen LogP contribution in [0.1, 0.15) is 52.6 Å². The minimum absolute atomic E-state index is 0.0251. The summed E-state index contributed by atoms with van der Waals surface area (Å²) < 4.78 is 31.1. The Morgan fingerprint density at radius 1 is 1.07 bits per heavy atom. The van der Waals surface area contributed by atoms with Crippen LogP contribution < -0.4 is 9.60 Å². The molecule has 7 heteroatoms. The number of rotatable bonds is 7. The quantitative estimate of drug-likeness (QED) is 0.589. The lowest BCUT2D eigenvalue weighted by molar-refractivity contribution is 0.418. The van der Waals surface area contributed by atoms with Gasteiger partial charge >= 0.3 is 4.87 Å². The van der Waals surface area contributed by atoms with Gasteiger partial charge in [-0.2, -0.15) is 0 Å². The van der Waals surface area contributed by atoms with Gasteiger partial charge in [-0.05, 0) is 56.4 Å².